The van der Waals surface area contributed by atoms with Crippen molar-refractivity contribution < 1.29 is 9.53 Å². The first-order chi connectivity index (χ1) is 11.2. The molecule has 0 radical (unpaired) electrons. The standard InChI is InChI=1S/C18H23N3O2/c1-23-17-5-2-4-16(12-17)13-18(22)20-10-6-15(7-11-20)14-21-9-3-8-19-21/h2-5,8-9,12,15H,6-7,10-11,13-14H2,1H3. The van der Waals surface area contributed by atoms with Crippen LogP contribution >= 0.6 is 0 Å². The number of likely N-dealkylation sites (tertiary alicyclic amines) is 1. The van der Waals surface area contributed by atoms with E-state index in [1.807, 2.05) is 52.3 Å². The fourth-order valence-electron chi connectivity index (χ4n) is 3.11. The van der Waals surface area contributed by atoms with Gasteiger partial charge in [-0.25, -0.2) is 0 Å². The summed E-state index contributed by atoms with van der Waals surface area (Å²) in [5, 5.41) is 4.26. The smallest absolute Gasteiger partial charge is 0.226 e. The molecule has 0 bridgehead atoms. The monoisotopic (exact) mass is 313 g/mol. The van der Waals surface area contributed by atoms with Gasteiger partial charge < -0.3 is 9.64 Å². The summed E-state index contributed by atoms with van der Waals surface area (Å²) in [6.45, 7) is 2.63. The third-order valence-electron chi connectivity index (χ3n) is 4.46. The van der Waals surface area contributed by atoms with Crippen LogP contribution < -0.4 is 4.74 Å². The van der Waals surface area contributed by atoms with Crippen LogP contribution in [0.2, 0.25) is 0 Å². The summed E-state index contributed by atoms with van der Waals surface area (Å²) in [5.74, 6) is 1.61. The number of ether oxygens (including phenoxy) is 1. The van der Waals surface area contributed by atoms with E-state index < -0.39 is 0 Å². The highest BCUT2D eigenvalue weighted by atomic mass is 16.5. The lowest BCUT2D eigenvalue weighted by molar-refractivity contribution is -0.131. The van der Waals surface area contributed by atoms with Crippen LogP contribution in [0.5, 0.6) is 5.75 Å². The van der Waals surface area contributed by atoms with Crippen LogP contribution in [0, 0.1) is 5.92 Å². The van der Waals surface area contributed by atoms with Gasteiger partial charge in [-0.2, -0.15) is 5.10 Å². The van der Waals surface area contributed by atoms with E-state index in [4.69, 9.17) is 4.74 Å². The first kappa shape index (κ1) is 15.6. The van der Waals surface area contributed by atoms with Gasteiger partial charge in [0, 0.05) is 32.0 Å². The van der Waals surface area contributed by atoms with Crippen molar-refractivity contribution in [2.45, 2.75) is 25.8 Å². The van der Waals surface area contributed by atoms with E-state index in [1.165, 1.54) is 0 Å². The molecule has 0 N–H and O–H groups in total. The van der Waals surface area contributed by atoms with E-state index in [1.54, 1.807) is 7.11 Å². The number of nitrogens with zero attached hydrogens (tertiary/aromatic N) is 3. The molecule has 0 saturated carbocycles. The molecule has 1 fully saturated rings. The molecule has 0 aliphatic carbocycles. The molecule has 1 aliphatic rings. The van der Waals surface area contributed by atoms with Gasteiger partial charge in [-0.05, 0) is 42.5 Å². The van der Waals surface area contributed by atoms with Crippen molar-refractivity contribution >= 4 is 5.91 Å². The lowest BCUT2D eigenvalue weighted by Gasteiger charge is -2.32. The first-order valence-electron chi connectivity index (χ1n) is 8.13. The summed E-state index contributed by atoms with van der Waals surface area (Å²) in [6, 6.07) is 9.69. The van der Waals surface area contributed by atoms with Gasteiger partial charge in [0.25, 0.3) is 0 Å². The zero-order chi connectivity index (χ0) is 16.1. The van der Waals surface area contributed by atoms with E-state index in [0.29, 0.717) is 12.3 Å². The molecular formula is C18H23N3O2. The molecular weight excluding hydrogens is 290 g/mol. The van der Waals surface area contributed by atoms with Gasteiger partial charge in [-0.15, -0.1) is 0 Å². The summed E-state index contributed by atoms with van der Waals surface area (Å²) in [7, 11) is 1.64. The van der Waals surface area contributed by atoms with Gasteiger partial charge in [0.05, 0.1) is 13.5 Å². The number of piperidine rings is 1. The number of hydrogen-bond acceptors (Lipinski definition) is 3. The zero-order valence-electron chi connectivity index (χ0n) is 13.5. The number of hydrogen-bond donors (Lipinski definition) is 0. The minimum Gasteiger partial charge on any atom is -0.497 e. The number of aromatic nitrogens is 2. The van der Waals surface area contributed by atoms with Crippen LogP contribution in [-0.2, 0) is 17.8 Å². The summed E-state index contributed by atoms with van der Waals surface area (Å²) < 4.78 is 7.20. The van der Waals surface area contributed by atoms with Crippen LogP contribution in [0.15, 0.2) is 42.7 Å². The molecule has 3 rings (SSSR count). The molecule has 5 nitrogen and oxygen atoms in total. The SMILES string of the molecule is COc1cccc(CC(=O)N2CCC(Cn3cccn3)CC2)c1. The predicted molar refractivity (Wildman–Crippen MR) is 88.2 cm³/mol. The van der Waals surface area contributed by atoms with Crippen molar-refractivity contribution in [2.24, 2.45) is 5.92 Å². The van der Waals surface area contributed by atoms with Crippen LogP contribution in [0.25, 0.3) is 0 Å². The topological polar surface area (TPSA) is 47.4 Å². The van der Waals surface area contributed by atoms with Crippen LogP contribution in [0.3, 0.4) is 0 Å². The molecule has 1 aliphatic heterocycles. The molecule has 0 atom stereocenters. The van der Waals surface area contributed by atoms with E-state index in [2.05, 4.69) is 5.10 Å². The van der Waals surface area contributed by atoms with Crippen molar-refractivity contribution in [3.63, 3.8) is 0 Å². The number of carbonyl (C=O) groups excluding carboxylic acids is 1. The van der Waals surface area contributed by atoms with Crippen LogP contribution in [0.4, 0.5) is 0 Å². The molecule has 2 aromatic rings. The number of methoxy groups -OCH3 is 1. The van der Waals surface area contributed by atoms with Crippen LogP contribution in [-0.4, -0.2) is 40.8 Å². The highest BCUT2D eigenvalue weighted by Gasteiger charge is 2.23. The lowest BCUT2D eigenvalue weighted by atomic mass is 9.96. The molecule has 5 heteroatoms. The maximum Gasteiger partial charge on any atom is 0.226 e. The van der Waals surface area contributed by atoms with Crippen molar-refractivity contribution in [3.8, 4) is 5.75 Å². The molecule has 23 heavy (non-hydrogen) atoms. The largest absolute Gasteiger partial charge is 0.497 e. The zero-order valence-corrected chi connectivity index (χ0v) is 13.5. The Bertz CT molecular complexity index is 631. The van der Waals surface area contributed by atoms with Gasteiger partial charge in [0.1, 0.15) is 5.75 Å². The maximum absolute atomic E-state index is 12.5. The minimum atomic E-state index is 0.204. The molecule has 1 amide bonds. The molecule has 1 saturated heterocycles. The van der Waals surface area contributed by atoms with E-state index in [9.17, 15) is 4.79 Å². The fourth-order valence-corrected chi connectivity index (χ4v) is 3.11. The molecule has 0 unspecified atom stereocenters. The van der Waals surface area contributed by atoms with E-state index in [-0.39, 0.29) is 5.91 Å². The van der Waals surface area contributed by atoms with Gasteiger partial charge in [0.15, 0.2) is 0 Å². The van der Waals surface area contributed by atoms with E-state index in [0.717, 1.165) is 43.8 Å². The highest BCUT2D eigenvalue weighted by Crippen LogP contribution is 2.20. The first-order valence-corrected chi connectivity index (χ1v) is 8.13. The highest BCUT2D eigenvalue weighted by molar-refractivity contribution is 5.79. The Labute approximate surface area is 136 Å². The minimum absolute atomic E-state index is 0.204. The Balaban J connectivity index is 1.49. The average molecular weight is 313 g/mol. The summed E-state index contributed by atoms with van der Waals surface area (Å²) in [6.07, 6.45) is 6.35. The molecule has 122 valence electrons. The van der Waals surface area contributed by atoms with Gasteiger partial charge in [-0.1, -0.05) is 12.1 Å². The third-order valence-corrected chi connectivity index (χ3v) is 4.46. The second kappa shape index (κ2) is 7.31. The Morgan fingerprint density at radius 2 is 2.13 bits per heavy atom. The van der Waals surface area contributed by atoms with Crippen molar-refractivity contribution in [1.29, 1.82) is 0 Å². The normalized spacial score (nSPS) is 15.6. The van der Waals surface area contributed by atoms with Crippen molar-refractivity contribution in [2.75, 3.05) is 20.2 Å². The van der Waals surface area contributed by atoms with Crippen molar-refractivity contribution in [1.82, 2.24) is 14.7 Å². The van der Waals surface area contributed by atoms with Gasteiger partial charge in [-0.3, -0.25) is 9.48 Å². The number of benzene rings is 1. The average Bonchev–Trinajstić information content (AvgIpc) is 3.08. The Morgan fingerprint density at radius 1 is 1.30 bits per heavy atom. The Kier molecular flexibility index (Phi) is 4.95. The molecule has 1 aromatic heterocycles. The number of carbonyl (C=O) groups is 1. The van der Waals surface area contributed by atoms with Gasteiger partial charge >= 0.3 is 0 Å². The Hall–Kier alpha value is -2.30. The lowest BCUT2D eigenvalue weighted by Crippen LogP contribution is -2.40. The van der Waals surface area contributed by atoms with Gasteiger partial charge in [0.2, 0.25) is 5.91 Å². The third kappa shape index (κ3) is 4.12. The second-order valence-corrected chi connectivity index (χ2v) is 6.08. The molecule has 0 spiro atoms. The quantitative estimate of drug-likeness (QED) is 0.851. The Morgan fingerprint density at radius 3 is 2.83 bits per heavy atom. The molecule has 1 aromatic carbocycles. The second-order valence-electron chi connectivity index (χ2n) is 6.08. The maximum atomic E-state index is 12.5. The predicted octanol–water partition coefficient (Wildman–Crippen LogP) is 2.37. The van der Waals surface area contributed by atoms with Crippen LogP contribution in [0.1, 0.15) is 18.4 Å². The number of amides is 1. The summed E-state index contributed by atoms with van der Waals surface area (Å²) in [4.78, 5) is 14.4. The van der Waals surface area contributed by atoms with E-state index >= 15 is 0 Å². The van der Waals surface area contributed by atoms with Crippen molar-refractivity contribution in [3.05, 3.63) is 48.3 Å². The summed E-state index contributed by atoms with van der Waals surface area (Å²) >= 11 is 0. The number of rotatable bonds is 5. The fraction of sp³-hybridized carbons (Fsp3) is 0.444. The molecule has 2 heterocycles. The summed E-state index contributed by atoms with van der Waals surface area (Å²) in [5.41, 5.74) is 1.01.